The number of rotatable bonds is 14. The highest BCUT2D eigenvalue weighted by Gasteiger charge is 1.99. The molecule has 0 aliphatic rings. The molecule has 0 aliphatic heterocycles. The summed E-state index contributed by atoms with van der Waals surface area (Å²) in [6.07, 6.45) is 5.80. The number of ether oxygens (including phenoxy) is 3. The Bertz CT molecular complexity index is 200. The molecule has 0 radical (unpaired) electrons. The zero-order valence-electron chi connectivity index (χ0n) is 12.0. The molecule has 0 aromatic rings. The second-order valence-corrected chi connectivity index (χ2v) is 4.68. The molecule has 4 nitrogen and oxygen atoms in total. The van der Waals surface area contributed by atoms with Crippen molar-refractivity contribution in [3.8, 4) is 0 Å². The molecule has 5 heteroatoms. The summed E-state index contributed by atoms with van der Waals surface area (Å²) in [7, 11) is 0. The average molecular weight is 295 g/mol. The van der Waals surface area contributed by atoms with Crippen LogP contribution in [0.2, 0.25) is 0 Å². The van der Waals surface area contributed by atoms with Crippen LogP contribution in [0.15, 0.2) is 0 Å². The van der Waals surface area contributed by atoms with Gasteiger partial charge in [0, 0.05) is 18.9 Å². The Morgan fingerprint density at radius 2 is 1.53 bits per heavy atom. The van der Waals surface area contributed by atoms with Gasteiger partial charge in [-0.15, -0.1) is 11.6 Å². The maximum atomic E-state index is 11.0. The number of halogens is 1. The summed E-state index contributed by atoms with van der Waals surface area (Å²) in [6, 6.07) is 0. The molecule has 0 bridgehead atoms. The summed E-state index contributed by atoms with van der Waals surface area (Å²) in [4.78, 5) is 11.0. The number of unbranched alkanes of at least 4 members (excludes halogenated alkanes) is 3. The number of hydrogen-bond acceptors (Lipinski definition) is 4. The molecule has 0 aromatic heterocycles. The van der Waals surface area contributed by atoms with Crippen LogP contribution in [0.3, 0.4) is 0 Å². The van der Waals surface area contributed by atoms with Gasteiger partial charge < -0.3 is 14.2 Å². The molecule has 0 aliphatic carbocycles. The van der Waals surface area contributed by atoms with E-state index < -0.39 is 0 Å². The van der Waals surface area contributed by atoms with Crippen LogP contribution in [0, 0.1) is 0 Å². The predicted molar refractivity (Wildman–Crippen MR) is 76.7 cm³/mol. The molecule has 0 spiro atoms. The Hall–Kier alpha value is -0.320. The van der Waals surface area contributed by atoms with Gasteiger partial charge in [0.05, 0.1) is 19.8 Å². The van der Waals surface area contributed by atoms with E-state index >= 15 is 0 Å². The zero-order valence-corrected chi connectivity index (χ0v) is 12.8. The summed E-state index contributed by atoms with van der Waals surface area (Å²) in [5, 5.41) is 0. The number of carbonyl (C=O) groups excluding carboxylic acids is 1. The number of carbonyl (C=O) groups is 1. The van der Waals surface area contributed by atoms with Crippen molar-refractivity contribution in [2.24, 2.45) is 0 Å². The van der Waals surface area contributed by atoms with E-state index in [1.807, 2.05) is 6.92 Å². The van der Waals surface area contributed by atoms with Crippen LogP contribution in [-0.2, 0) is 19.0 Å². The number of hydrogen-bond donors (Lipinski definition) is 0. The second-order valence-electron chi connectivity index (χ2n) is 4.30. The minimum Gasteiger partial charge on any atom is -0.463 e. The van der Waals surface area contributed by atoms with Gasteiger partial charge in [0.1, 0.15) is 6.61 Å². The molecule has 0 amide bonds. The van der Waals surface area contributed by atoms with Crippen molar-refractivity contribution in [1.82, 2.24) is 0 Å². The standard InChI is InChI=1S/C14H27ClO4/c1-2-7-14(16)19-13-12-18-11-10-17-9-6-4-3-5-8-15/h2-13H2,1H3. The lowest BCUT2D eigenvalue weighted by molar-refractivity contribution is -0.145. The fourth-order valence-corrected chi connectivity index (χ4v) is 1.65. The van der Waals surface area contributed by atoms with Gasteiger partial charge >= 0.3 is 5.97 Å². The normalized spacial score (nSPS) is 10.6. The third-order valence-corrected chi connectivity index (χ3v) is 2.76. The van der Waals surface area contributed by atoms with Gasteiger partial charge in [-0.05, 0) is 19.3 Å². The van der Waals surface area contributed by atoms with Gasteiger partial charge in [-0.3, -0.25) is 4.79 Å². The lowest BCUT2D eigenvalue weighted by Gasteiger charge is -2.06. The molecule has 114 valence electrons. The maximum Gasteiger partial charge on any atom is 0.305 e. The SMILES string of the molecule is CCCC(=O)OCCOCCOCCCCCCCl. The Morgan fingerprint density at radius 1 is 0.895 bits per heavy atom. The third-order valence-electron chi connectivity index (χ3n) is 2.49. The van der Waals surface area contributed by atoms with Crippen molar-refractivity contribution >= 4 is 17.6 Å². The molecule has 0 aromatic carbocycles. The van der Waals surface area contributed by atoms with E-state index in [0.717, 1.165) is 31.7 Å². The van der Waals surface area contributed by atoms with Crippen LogP contribution >= 0.6 is 11.6 Å². The van der Waals surface area contributed by atoms with E-state index in [2.05, 4.69) is 0 Å². The molecule has 0 saturated heterocycles. The fourth-order valence-electron chi connectivity index (χ4n) is 1.46. The zero-order chi connectivity index (χ0) is 14.2. The van der Waals surface area contributed by atoms with Gasteiger partial charge in [0.15, 0.2) is 0 Å². The Labute approximate surface area is 121 Å². The summed E-state index contributed by atoms with van der Waals surface area (Å²) in [5.74, 6) is 0.594. The van der Waals surface area contributed by atoms with E-state index in [0.29, 0.717) is 32.8 Å². The Balaban J connectivity index is 3.01. The highest BCUT2D eigenvalue weighted by Crippen LogP contribution is 2.01. The van der Waals surface area contributed by atoms with Gasteiger partial charge in [0.2, 0.25) is 0 Å². The first-order chi connectivity index (χ1) is 9.31. The predicted octanol–water partition coefficient (Wildman–Crippen LogP) is 3.16. The van der Waals surface area contributed by atoms with Crippen molar-refractivity contribution in [3.63, 3.8) is 0 Å². The average Bonchev–Trinajstić information content (AvgIpc) is 2.40. The van der Waals surface area contributed by atoms with E-state index in [9.17, 15) is 4.79 Å². The van der Waals surface area contributed by atoms with Gasteiger partial charge in [-0.2, -0.15) is 0 Å². The quantitative estimate of drug-likeness (QED) is 0.280. The van der Waals surface area contributed by atoms with E-state index in [1.54, 1.807) is 0 Å². The Kier molecular flexibility index (Phi) is 15.5. The highest BCUT2D eigenvalue weighted by atomic mass is 35.5. The van der Waals surface area contributed by atoms with Crippen LogP contribution in [0.25, 0.3) is 0 Å². The third kappa shape index (κ3) is 15.6. The van der Waals surface area contributed by atoms with Crippen molar-refractivity contribution in [2.75, 3.05) is 38.9 Å². The number of alkyl halides is 1. The summed E-state index contributed by atoms with van der Waals surface area (Å²) in [5.41, 5.74) is 0. The summed E-state index contributed by atoms with van der Waals surface area (Å²) >= 11 is 5.58. The lowest BCUT2D eigenvalue weighted by Crippen LogP contribution is -2.12. The molecular weight excluding hydrogens is 268 g/mol. The molecule has 0 saturated carbocycles. The molecule has 0 atom stereocenters. The number of esters is 1. The van der Waals surface area contributed by atoms with Crippen molar-refractivity contribution in [3.05, 3.63) is 0 Å². The fraction of sp³-hybridized carbons (Fsp3) is 0.929. The molecule has 0 rings (SSSR count). The smallest absolute Gasteiger partial charge is 0.305 e. The largest absolute Gasteiger partial charge is 0.463 e. The minimum absolute atomic E-state index is 0.153. The van der Waals surface area contributed by atoms with E-state index in [-0.39, 0.29) is 5.97 Å². The first kappa shape index (κ1) is 18.7. The van der Waals surface area contributed by atoms with Crippen LogP contribution < -0.4 is 0 Å². The van der Waals surface area contributed by atoms with Crippen LogP contribution in [-0.4, -0.2) is 44.9 Å². The van der Waals surface area contributed by atoms with Crippen LogP contribution in [0.4, 0.5) is 0 Å². The van der Waals surface area contributed by atoms with Crippen molar-refractivity contribution < 1.29 is 19.0 Å². The van der Waals surface area contributed by atoms with Crippen molar-refractivity contribution in [2.45, 2.75) is 45.4 Å². The molecule has 0 unspecified atom stereocenters. The van der Waals surface area contributed by atoms with E-state index in [1.165, 1.54) is 12.8 Å². The van der Waals surface area contributed by atoms with Gasteiger partial charge in [-0.1, -0.05) is 19.8 Å². The molecule has 0 heterocycles. The van der Waals surface area contributed by atoms with Crippen molar-refractivity contribution in [1.29, 1.82) is 0 Å². The summed E-state index contributed by atoms with van der Waals surface area (Å²) in [6.45, 7) is 4.64. The first-order valence-corrected chi connectivity index (χ1v) is 7.71. The van der Waals surface area contributed by atoms with Gasteiger partial charge in [0.25, 0.3) is 0 Å². The monoisotopic (exact) mass is 294 g/mol. The van der Waals surface area contributed by atoms with Crippen LogP contribution in [0.5, 0.6) is 0 Å². The molecular formula is C14H27ClO4. The highest BCUT2D eigenvalue weighted by molar-refractivity contribution is 6.17. The van der Waals surface area contributed by atoms with Crippen LogP contribution in [0.1, 0.15) is 45.4 Å². The lowest BCUT2D eigenvalue weighted by atomic mass is 10.2. The van der Waals surface area contributed by atoms with E-state index in [4.69, 9.17) is 25.8 Å². The maximum absolute atomic E-state index is 11.0. The minimum atomic E-state index is -0.153. The second kappa shape index (κ2) is 15.7. The van der Waals surface area contributed by atoms with Gasteiger partial charge in [-0.25, -0.2) is 0 Å². The molecule has 0 fully saturated rings. The Morgan fingerprint density at radius 3 is 2.21 bits per heavy atom. The topological polar surface area (TPSA) is 44.8 Å². The molecule has 19 heavy (non-hydrogen) atoms. The first-order valence-electron chi connectivity index (χ1n) is 7.18. The summed E-state index contributed by atoms with van der Waals surface area (Å²) < 4.78 is 15.7. The molecule has 0 N–H and O–H groups in total.